The van der Waals surface area contributed by atoms with Crippen LogP contribution in [0.15, 0.2) is 24.3 Å². The van der Waals surface area contributed by atoms with E-state index in [0.29, 0.717) is 12.6 Å². The van der Waals surface area contributed by atoms with E-state index in [0.717, 1.165) is 12.8 Å². The molecule has 0 fully saturated rings. The molecule has 0 spiro atoms. The molecule has 1 aromatic carbocycles. The van der Waals surface area contributed by atoms with Crippen molar-refractivity contribution < 1.29 is 9.47 Å². The van der Waals surface area contributed by atoms with E-state index in [-0.39, 0.29) is 6.29 Å². The van der Waals surface area contributed by atoms with Gasteiger partial charge in [-0.1, -0.05) is 38.1 Å². The summed E-state index contributed by atoms with van der Waals surface area (Å²) in [6, 6.07) is 9.15. The molecule has 0 saturated heterocycles. The van der Waals surface area contributed by atoms with Crippen LogP contribution in [0.25, 0.3) is 0 Å². The summed E-state index contributed by atoms with van der Waals surface area (Å²) < 4.78 is 10.4. The van der Waals surface area contributed by atoms with Gasteiger partial charge in [-0.15, -0.1) is 0 Å². The van der Waals surface area contributed by atoms with Crippen molar-refractivity contribution in [2.24, 2.45) is 0 Å². The highest BCUT2D eigenvalue weighted by atomic mass is 16.7. The first kappa shape index (κ1) is 15.2. The van der Waals surface area contributed by atoms with Crippen molar-refractivity contribution in [2.45, 2.75) is 39.0 Å². The molecular formula is C15H25NO2. The average Bonchev–Trinajstić information content (AvgIpc) is 2.44. The highest BCUT2D eigenvalue weighted by Gasteiger charge is 2.11. The second kappa shape index (κ2) is 8.25. The minimum Gasteiger partial charge on any atom is -0.355 e. The summed E-state index contributed by atoms with van der Waals surface area (Å²) in [4.78, 5) is 0. The second-order valence-corrected chi connectivity index (χ2v) is 4.37. The lowest BCUT2D eigenvalue weighted by atomic mass is 10.0. The number of benzene rings is 1. The fourth-order valence-corrected chi connectivity index (χ4v) is 1.98. The summed E-state index contributed by atoms with van der Waals surface area (Å²) in [5.74, 6) is 0. The fourth-order valence-electron chi connectivity index (χ4n) is 1.98. The van der Waals surface area contributed by atoms with E-state index in [2.05, 4.69) is 43.4 Å². The van der Waals surface area contributed by atoms with Gasteiger partial charge in [-0.25, -0.2) is 0 Å². The Labute approximate surface area is 110 Å². The first-order chi connectivity index (χ1) is 8.74. The summed E-state index contributed by atoms with van der Waals surface area (Å²) in [6.45, 7) is 5.05. The molecular weight excluding hydrogens is 226 g/mol. The van der Waals surface area contributed by atoms with E-state index in [9.17, 15) is 0 Å². The Morgan fingerprint density at radius 3 is 2.11 bits per heavy atom. The lowest BCUT2D eigenvalue weighted by Gasteiger charge is -2.21. The third-order valence-electron chi connectivity index (χ3n) is 3.26. The number of hydrogen-bond acceptors (Lipinski definition) is 3. The van der Waals surface area contributed by atoms with E-state index in [1.807, 2.05) is 0 Å². The van der Waals surface area contributed by atoms with E-state index in [4.69, 9.17) is 9.47 Å². The quantitative estimate of drug-likeness (QED) is 0.721. The van der Waals surface area contributed by atoms with Crippen molar-refractivity contribution in [1.82, 2.24) is 5.32 Å². The Hall–Kier alpha value is -0.900. The molecule has 1 unspecified atom stereocenters. The van der Waals surface area contributed by atoms with Gasteiger partial charge in [0.1, 0.15) is 0 Å². The number of rotatable bonds is 8. The summed E-state index contributed by atoms with van der Waals surface area (Å²) in [5, 5.41) is 3.48. The van der Waals surface area contributed by atoms with Gasteiger partial charge in [0.05, 0.1) is 0 Å². The lowest BCUT2D eigenvalue weighted by molar-refractivity contribution is -0.0999. The van der Waals surface area contributed by atoms with E-state index < -0.39 is 0 Å². The van der Waals surface area contributed by atoms with Crippen LogP contribution in [0, 0.1) is 0 Å². The molecule has 0 radical (unpaired) electrons. The zero-order valence-electron chi connectivity index (χ0n) is 11.9. The molecule has 3 nitrogen and oxygen atoms in total. The van der Waals surface area contributed by atoms with Crippen molar-refractivity contribution in [1.29, 1.82) is 0 Å². The van der Waals surface area contributed by atoms with Gasteiger partial charge in [-0.3, -0.25) is 0 Å². The maximum atomic E-state index is 5.18. The molecule has 0 aliphatic carbocycles. The lowest BCUT2D eigenvalue weighted by Crippen LogP contribution is -2.32. The maximum absolute atomic E-state index is 5.18. The van der Waals surface area contributed by atoms with Crippen LogP contribution < -0.4 is 5.32 Å². The van der Waals surface area contributed by atoms with Gasteiger partial charge in [0.2, 0.25) is 0 Å². The van der Waals surface area contributed by atoms with E-state index in [1.54, 1.807) is 14.2 Å². The van der Waals surface area contributed by atoms with Gasteiger partial charge in [-0.2, -0.15) is 0 Å². The molecule has 1 atom stereocenters. The van der Waals surface area contributed by atoms with Crippen LogP contribution in [0.2, 0.25) is 0 Å². The molecule has 0 amide bonds. The van der Waals surface area contributed by atoms with Gasteiger partial charge in [0.25, 0.3) is 0 Å². The van der Waals surface area contributed by atoms with Gasteiger partial charge < -0.3 is 14.8 Å². The molecule has 0 aromatic heterocycles. The smallest absolute Gasteiger partial charge is 0.169 e. The zero-order valence-corrected chi connectivity index (χ0v) is 11.9. The third-order valence-corrected chi connectivity index (χ3v) is 3.26. The molecule has 0 bridgehead atoms. The maximum Gasteiger partial charge on any atom is 0.169 e. The van der Waals surface area contributed by atoms with Crippen molar-refractivity contribution in [3.63, 3.8) is 0 Å². The number of nitrogens with one attached hydrogen (secondary N) is 1. The minimum absolute atomic E-state index is 0.186. The monoisotopic (exact) mass is 251 g/mol. The van der Waals surface area contributed by atoms with Gasteiger partial charge >= 0.3 is 0 Å². The molecule has 1 rings (SSSR count). The number of ether oxygens (including phenoxy) is 2. The first-order valence-electron chi connectivity index (χ1n) is 6.62. The normalized spacial score (nSPS) is 12.9. The van der Waals surface area contributed by atoms with Crippen molar-refractivity contribution >= 4 is 0 Å². The highest BCUT2D eigenvalue weighted by Crippen LogP contribution is 2.17. The van der Waals surface area contributed by atoms with E-state index in [1.165, 1.54) is 11.1 Å². The molecule has 0 aliphatic heterocycles. The van der Waals surface area contributed by atoms with Crippen LogP contribution in [-0.2, 0) is 15.9 Å². The van der Waals surface area contributed by atoms with Crippen LogP contribution in [0.3, 0.4) is 0 Å². The molecule has 102 valence electrons. The van der Waals surface area contributed by atoms with Crippen LogP contribution >= 0.6 is 0 Å². The average molecular weight is 251 g/mol. The molecule has 1 N–H and O–H groups in total. The molecule has 1 aromatic rings. The third kappa shape index (κ3) is 4.41. The molecule has 0 saturated carbocycles. The van der Waals surface area contributed by atoms with Crippen molar-refractivity contribution in [2.75, 3.05) is 20.8 Å². The SMILES string of the molecule is CCc1ccc(C(CC)NCC(OC)OC)cc1. The second-order valence-electron chi connectivity index (χ2n) is 4.37. The minimum atomic E-state index is -0.186. The topological polar surface area (TPSA) is 30.5 Å². The Bertz CT molecular complexity index is 320. The predicted octanol–water partition coefficient (Wildman–Crippen LogP) is 2.91. The van der Waals surface area contributed by atoms with Crippen LogP contribution in [0.4, 0.5) is 0 Å². The first-order valence-corrected chi connectivity index (χ1v) is 6.62. The Balaban J connectivity index is 2.58. The Morgan fingerprint density at radius 2 is 1.67 bits per heavy atom. The van der Waals surface area contributed by atoms with Crippen molar-refractivity contribution in [3.05, 3.63) is 35.4 Å². The van der Waals surface area contributed by atoms with Crippen LogP contribution in [0.1, 0.15) is 37.4 Å². The van der Waals surface area contributed by atoms with Crippen LogP contribution in [0.5, 0.6) is 0 Å². The standard InChI is InChI=1S/C15H25NO2/c1-5-12-7-9-13(10-8-12)14(6-2)16-11-15(17-3)18-4/h7-10,14-16H,5-6,11H2,1-4H3. The highest BCUT2D eigenvalue weighted by molar-refractivity contribution is 5.25. The molecule has 0 heterocycles. The number of hydrogen-bond donors (Lipinski definition) is 1. The zero-order chi connectivity index (χ0) is 13.4. The Morgan fingerprint density at radius 1 is 1.06 bits per heavy atom. The summed E-state index contributed by atoms with van der Waals surface area (Å²) in [7, 11) is 3.32. The molecule has 3 heteroatoms. The predicted molar refractivity (Wildman–Crippen MR) is 74.7 cm³/mol. The van der Waals surface area contributed by atoms with Crippen molar-refractivity contribution in [3.8, 4) is 0 Å². The largest absolute Gasteiger partial charge is 0.355 e. The number of aryl methyl sites for hydroxylation is 1. The summed E-state index contributed by atoms with van der Waals surface area (Å²) in [5.41, 5.74) is 2.70. The Kier molecular flexibility index (Phi) is 6.94. The van der Waals surface area contributed by atoms with Gasteiger partial charge in [-0.05, 0) is 24.0 Å². The van der Waals surface area contributed by atoms with E-state index >= 15 is 0 Å². The molecule has 18 heavy (non-hydrogen) atoms. The summed E-state index contributed by atoms with van der Waals surface area (Å²) >= 11 is 0. The van der Waals surface area contributed by atoms with Gasteiger partial charge in [0.15, 0.2) is 6.29 Å². The fraction of sp³-hybridized carbons (Fsp3) is 0.600. The molecule has 0 aliphatic rings. The van der Waals surface area contributed by atoms with Gasteiger partial charge in [0, 0.05) is 26.8 Å². The summed E-state index contributed by atoms with van der Waals surface area (Å²) in [6.07, 6.45) is 1.94. The van der Waals surface area contributed by atoms with Crippen LogP contribution in [-0.4, -0.2) is 27.1 Å². The number of methoxy groups -OCH3 is 2.